The number of halogens is 1. The molecule has 114 valence electrons. The van der Waals surface area contributed by atoms with Crippen molar-refractivity contribution in [3.63, 3.8) is 0 Å². The molecular formula is C16H11FN4O2. The zero-order chi connectivity index (χ0) is 16.0. The molecule has 0 saturated carbocycles. The van der Waals surface area contributed by atoms with Crippen LogP contribution in [0.3, 0.4) is 0 Å². The molecule has 0 aliphatic heterocycles. The second-order valence-corrected chi connectivity index (χ2v) is 5.01. The van der Waals surface area contributed by atoms with E-state index in [1.54, 1.807) is 42.0 Å². The predicted octanol–water partition coefficient (Wildman–Crippen LogP) is 2.80. The van der Waals surface area contributed by atoms with Crippen molar-refractivity contribution in [3.8, 4) is 23.0 Å². The number of pyridine rings is 2. The molecule has 4 rings (SSSR count). The summed E-state index contributed by atoms with van der Waals surface area (Å²) in [7, 11) is 1.58. The maximum absolute atomic E-state index is 13.3. The van der Waals surface area contributed by atoms with E-state index in [0.29, 0.717) is 33.8 Å². The lowest BCUT2D eigenvalue weighted by atomic mass is 10.2. The van der Waals surface area contributed by atoms with Crippen molar-refractivity contribution in [1.82, 2.24) is 19.6 Å². The Morgan fingerprint density at radius 3 is 2.83 bits per heavy atom. The third kappa shape index (κ3) is 2.13. The molecule has 0 fully saturated rings. The monoisotopic (exact) mass is 310 g/mol. The Labute approximate surface area is 129 Å². The highest BCUT2D eigenvalue weighted by Gasteiger charge is 2.13. The summed E-state index contributed by atoms with van der Waals surface area (Å²) in [6.45, 7) is 0. The van der Waals surface area contributed by atoms with Crippen molar-refractivity contribution in [2.24, 2.45) is 0 Å². The second-order valence-electron chi connectivity index (χ2n) is 5.01. The van der Waals surface area contributed by atoms with E-state index in [1.807, 2.05) is 0 Å². The van der Waals surface area contributed by atoms with Crippen LogP contribution in [0.15, 0.2) is 42.6 Å². The van der Waals surface area contributed by atoms with Crippen LogP contribution in [-0.4, -0.2) is 31.8 Å². The maximum Gasteiger partial charge on any atom is 0.187 e. The first-order valence-electron chi connectivity index (χ1n) is 6.84. The van der Waals surface area contributed by atoms with Crippen molar-refractivity contribution in [2.75, 3.05) is 7.11 Å². The van der Waals surface area contributed by atoms with Gasteiger partial charge in [-0.05, 0) is 24.3 Å². The number of ether oxygens (including phenoxy) is 1. The summed E-state index contributed by atoms with van der Waals surface area (Å²) >= 11 is 0. The van der Waals surface area contributed by atoms with E-state index >= 15 is 0 Å². The fourth-order valence-electron chi connectivity index (χ4n) is 2.47. The van der Waals surface area contributed by atoms with Crippen molar-refractivity contribution >= 4 is 16.6 Å². The molecule has 0 spiro atoms. The molecular weight excluding hydrogens is 299 g/mol. The van der Waals surface area contributed by atoms with Gasteiger partial charge in [0.25, 0.3) is 0 Å². The number of rotatable bonds is 2. The van der Waals surface area contributed by atoms with Gasteiger partial charge in [-0.2, -0.15) is 0 Å². The van der Waals surface area contributed by atoms with E-state index in [-0.39, 0.29) is 5.75 Å². The molecule has 0 radical (unpaired) electrons. The lowest BCUT2D eigenvalue weighted by Gasteiger charge is -2.05. The number of aromatic hydroxyl groups is 1. The normalized spacial score (nSPS) is 11.2. The minimum Gasteiger partial charge on any atom is -0.506 e. The number of nitrogens with zero attached hydrogens (tertiary/aromatic N) is 4. The quantitative estimate of drug-likeness (QED) is 0.616. The molecule has 3 heterocycles. The molecule has 6 nitrogen and oxygen atoms in total. The summed E-state index contributed by atoms with van der Waals surface area (Å²) in [6, 6.07) is 9.30. The Hall–Kier alpha value is -3.22. The standard InChI is InChI=1S/C16H11FN4O2/c1-23-11-3-5-14-19-20-16(21(14)8-11)12-4-2-9-6-10(17)7-13(22)15(9)18-12/h2-8,22H,1H3. The molecule has 0 amide bonds. The minimum absolute atomic E-state index is 0.215. The number of aromatic nitrogens is 4. The van der Waals surface area contributed by atoms with Gasteiger partial charge in [-0.3, -0.25) is 4.40 Å². The van der Waals surface area contributed by atoms with Gasteiger partial charge in [0.2, 0.25) is 0 Å². The van der Waals surface area contributed by atoms with E-state index in [2.05, 4.69) is 15.2 Å². The molecule has 1 aromatic carbocycles. The zero-order valence-corrected chi connectivity index (χ0v) is 12.1. The number of fused-ring (bicyclic) bond motifs is 2. The van der Waals surface area contributed by atoms with Gasteiger partial charge in [-0.1, -0.05) is 6.07 Å². The Morgan fingerprint density at radius 2 is 2.00 bits per heavy atom. The van der Waals surface area contributed by atoms with E-state index in [0.717, 1.165) is 6.07 Å². The van der Waals surface area contributed by atoms with Gasteiger partial charge in [0, 0.05) is 11.5 Å². The third-order valence-electron chi connectivity index (χ3n) is 3.58. The Morgan fingerprint density at radius 1 is 1.13 bits per heavy atom. The first kappa shape index (κ1) is 13.4. The van der Waals surface area contributed by atoms with Crippen LogP contribution in [0.1, 0.15) is 0 Å². The van der Waals surface area contributed by atoms with E-state index < -0.39 is 5.82 Å². The van der Waals surface area contributed by atoms with Crippen LogP contribution in [0.5, 0.6) is 11.5 Å². The lowest BCUT2D eigenvalue weighted by Crippen LogP contribution is -1.94. The van der Waals surface area contributed by atoms with Gasteiger partial charge < -0.3 is 9.84 Å². The van der Waals surface area contributed by atoms with Gasteiger partial charge in [-0.25, -0.2) is 9.37 Å². The van der Waals surface area contributed by atoms with Crippen molar-refractivity contribution in [1.29, 1.82) is 0 Å². The van der Waals surface area contributed by atoms with Crippen LogP contribution in [0.4, 0.5) is 4.39 Å². The summed E-state index contributed by atoms with van der Waals surface area (Å²) < 4.78 is 20.3. The van der Waals surface area contributed by atoms with Crippen LogP contribution in [0.25, 0.3) is 28.1 Å². The third-order valence-corrected chi connectivity index (χ3v) is 3.58. The van der Waals surface area contributed by atoms with Crippen LogP contribution in [-0.2, 0) is 0 Å². The highest BCUT2D eigenvalue weighted by atomic mass is 19.1. The van der Waals surface area contributed by atoms with Crippen LogP contribution in [0, 0.1) is 5.82 Å². The topological polar surface area (TPSA) is 72.5 Å². The number of benzene rings is 1. The number of phenols is 1. The summed E-state index contributed by atoms with van der Waals surface area (Å²) in [5.41, 5.74) is 1.47. The summed E-state index contributed by atoms with van der Waals surface area (Å²) in [5, 5.41) is 18.6. The van der Waals surface area contributed by atoms with Gasteiger partial charge in [0.15, 0.2) is 11.5 Å². The Bertz CT molecular complexity index is 1050. The van der Waals surface area contributed by atoms with Crippen molar-refractivity contribution in [2.45, 2.75) is 0 Å². The predicted molar refractivity (Wildman–Crippen MR) is 81.9 cm³/mol. The minimum atomic E-state index is -0.512. The molecule has 0 aliphatic carbocycles. The van der Waals surface area contributed by atoms with E-state index in [4.69, 9.17) is 4.74 Å². The molecule has 0 saturated heterocycles. The van der Waals surface area contributed by atoms with Crippen LogP contribution >= 0.6 is 0 Å². The number of methoxy groups -OCH3 is 1. The smallest absolute Gasteiger partial charge is 0.187 e. The van der Waals surface area contributed by atoms with Crippen LogP contribution in [0.2, 0.25) is 0 Å². The average Bonchev–Trinajstić information content (AvgIpc) is 2.97. The SMILES string of the molecule is COc1ccc2nnc(-c3ccc4cc(F)cc(O)c4n3)n2c1. The largest absolute Gasteiger partial charge is 0.506 e. The summed E-state index contributed by atoms with van der Waals surface area (Å²) in [5.74, 6) is 0.434. The molecule has 0 aliphatic rings. The molecule has 1 N–H and O–H groups in total. The highest BCUT2D eigenvalue weighted by molar-refractivity contribution is 5.86. The van der Waals surface area contributed by atoms with Gasteiger partial charge in [0.1, 0.15) is 28.5 Å². The first-order valence-corrected chi connectivity index (χ1v) is 6.84. The summed E-state index contributed by atoms with van der Waals surface area (Å²) in [6.07, 6.45) is 1.75. The first-order chi connectivity index (χ1) is 11.2. The number of phenolic OH excluding ortho intramolecular Hbond substituents is 1. The van der Waals surface area contributed by atoms with Crippen molar-refractivity contribution < 1.29 is 14.2 Å². The molecule has 23 heavy (non-hydrogen) atoms. The molecule has 3 aromatic heterocycles. The molecule has 7 heteroatoms. The van der Waals surface area contributed by atoms with Gasteiger partial charge in [0.05, 0.1) is 13.3 Å². The van der Waals surface area contributed by atoms with E-state index in [1.165, 1.54) is 6.07 Å². The molecule has 0 atom stereocenters. The number of hydrogen-bond donors (Lipinski definition) is 1. The number of hydrogen-bond acceptors (Lipinski definition) is 5. The van der Waals surface area contributed by atoms with Gasteiger partial charge >= 0.3 is 0 Å². The van der Waals surface area contributed by atoms with Crippen molar-refractivity contribution in [3.05, 3.63) is 48.4 Å². The Balaban J connectivity index is 1.95. The Kier molecular flexibility index (Phi) is 2.87. The summed E-state index contributed by atoms with van der Waals surface area (Å²) in [4.78, 5) is 4.38. The highest BCUT2D eigenvalue weighted by Crippen LogP contribution is 2.27. The van der Waals surface area contributed by atoms with Gasteiger partial charge in [-0.15, -0.1) is 10.2 Å². The average molecular weight is 310 g/mol. The fourth-order valence-corrected chi connectivity index (χ4v) is 2.47. The molecule has 0 unspecified atom stereocenters. The second kappa shape index (κ2) is 4.91. The van der Waals surface area contributed by atoms with E-state index in [9.17, 15) is 9.50 Å². The molecule has 4 aromatic rings. The molecule has 0 bridgehead atoms. The van der Waals surface area contributed by atoms with Crippen LogP contribution < -0.4 is 4.74 Å². The lowest BCUT2D eigenvalue weighted by molar-refractivity contribution is 0.412. The maximum atomic E-state index is 13.3. The zero-order valence-electron chi connectivity index (χ0n) is 12.1. The fraction of sp³-hybridized carbons (Fsp3) is 0.0625.